The van der Waals surface area contributed by atoms with E-state index in [1.807, 2.05) is 25.4 Å². The molecule has 2 nitrogen and oxygen atoms in total. The smallest absolute Gasteiger partial charge is 0.0801 e. The minimum Gasteiger partial charge on any atom is -0.324 e. The first kappa shape index (κ1) is 12.9. The molecule has 3 heteroatoms. The average molecular weight is 234 g/mol. The van der Waals surface area contributed by atoms with Crippen LogP contribution in [0.2, 0.25) is 0 Å². The Labute approximate surface area is 101 Å². The fourth-order valence-corrected chi connectivity index (χ4v) is 2.18. The van der Waals surface area contributed by atoms with E-state index in [0.717, 1.165) is 11.3 Å². The lowest BCUT2D eigenvalue weighted by molar-refractivity contribution is 0.886. The van der Waals surface area contributed by atoms with Gasteiger partial charge in [-0.05, 0) is 31.9 Å². The van der Waals surface area contributed by atoms with E-state index >= 15 is 0 Å². The van der Waals surface area contributed by atoms with E-state index in [9.17, 15) is 0 Å². The lowest BCUT2D eigenvalue weighted by atomic mass is 10.1. The van der Waals surface area contributed by atoms with E-state index in [2.05, 4.69) is 24.6 Å². The Morgan fingerprint density at radius 3 is 2.69 bits per heavy atom. The zero-order valence-corrected chi connectivity index (χ0v) is 10.8. The van der Waals surface area contributed by atoms with Gasteiger partial charge in [0, 0.05) is 6.04 Å². The first-order valence-corrected chi connectivity index (χ1v) is 6.11. The Balaban J connectivity index is 2.94. The minimum atomic E-state index is 0.0177. The molecule has 1 rings (SSSR count). The number of allylic oxidation sites excluding steroid dienone is 3. The first-order chi connectivity index (χ1) is 7.56. The van der Waals surface area contributed by atoms with Crippen molar-refractivity contribution in [3.63, 3.8) is 0 Å². The summed E-state index contributed by atoms with van der Waals surface area (Å²) in [5.74, 6) is 0. The molecule has 0 aliphatic carbocycles. The molecule has 0 spiro atoms. The van der Waals surface area contributed by atoms with Crippen molar-refractivity contribution in [2.24, 2.45) is 5.73 Å². The van der Waals surface area contributed by atoms with E-state index in [4.69, 9.17) is 5.73 Å². The second kappa shape index (κ2) is 5.77. The van der Waals surface area contributed by atoms with Crippen molar-refractivity contribution >= 4 is 16.9 Å². The van der Waals surface area contributed by atoms with Crippen LogP contribution in [-0.2, 0) is 0 Å². The van der Waals surface area contributed by atoms with Crippen molar-refractivity contribution in [1.29, 1.82) is 0 Å². The fraction of sp³-hybridized carbons (Fsp3) is 0.308. The van der Waals surface area contributed by atoms with Gasteiger partial charge in [-0.25, -0.2) is 4.98 Å². The van der Waals surface area contributed by atoms with Crippen LogP contribution in [0.4, 0.5) is 0 Å². The highest BCUT2D eigenvalue weighted by atomic mass is 32.1. The van der Waals surface area contributed by atoms with Crippen LogP contribution < -0.4 is 5.73 Å². The molecule has 0 fully saturated rings. The van der Waals surface area contributed by atoms with Crippen molar-refractivity contribution in [2.45, 2.75) is 26.8 Å². The van der Waals surface area contributed by atoms with Gasteiger partial charge in [-0.15, -0.1) is 11.3 Å². The molecule has 0 aliphatic rings. The highest BCUT2D eigenvalue weighted by molar-refractivity contribution is 7.10. The van der Waals surface area contributed by atoms with Crippen LogP contribution in [0.15, 0.2) is 35.9 Å². The summed E-state index contributed by atoms with van der Waals surface area (Å²) in [4.78, 5) is 5.46. The van der Waals surface area contributed by atoms with Gasteiger partial charge in [-0.2, -0.15) is 0 Å². The summed E-state index contributed by atoms with van der Waals surface area (Å²) >= 11 is 1.66. The van der Waals surface area contributed by atoms with Gasteiger partial charge in [0.2, 0.25) is 0 Å². The number of aryl methyl sites for hydroxylation is 1. The summed E-state index contributed by atoms with van der Waals surface area (Å²) in [6.07, 6.45) is 5.89. The van der Waals surface area contributed by atoms with Gasteiger partial charge in [-0.3, -0.25) is 0 Å². The molecule has 0 aliphatic heterocycles. The van der Waals surface area contributed by atoms with Gasteiger partial charge < -0.3 is 5.73 Å². The summed E-state index contributed by atoms with van der Waals surface area (Å²) < 4.78 is 0. The molecule has 0 saturated heterocycles. The minimum absolute atomic E-state index is 0.0177. The molecular weight excluding hydrogens is 216 g/mol. The van der Waals surface area contributed by atoms with Crippen LogP contribution in [0.5, 0.6) is 0 Å². The number of hydrogen-bond acceptors (Lipinski definition) is 3. The first-order valence-electron chi connectivity index (χ1n) is 5.23. The third-order valence-corrected chi connectivity index (χ3v) is 3.45. The summed E-state index contributed by atoms with van der Waals surface area (Å²) in [6.45, 7) is 9.81. The summed E-state index contributed by atoms with van der Waals surface area (Å²) in [7, 11) is 0. The maximum absolute atomic E-state index is 5.80. The molecule has 1 heterocycles. The monoisotopic (exact) mass is 234 g/mol. The Morgan fingerprint density at radius 1 is 1.56 bits per heavy atom. The lowest BCUT2D eigenvalue weighted by Crippen LogP contribution is -2.16. The van der Waals surface area contributed by atoms with E-state index in [0.29, 0.717) is 0 Å². The predicted octanol–water partition coefficient (Wildman–Crippen LogP) is 3.31. The number of rotatable bonds is 4. The van der Waals surface area contributed by atoms with Crippen molar-refractivity contribution in [2.75, 3.05) is 0 Å². The van der Waals surface area contributed by atoms with Gasteiger partial charge in [0.05, 0.1) is 16.1 Å². The summed E-state index contributed by atoms with van der Waals surface area (Å²) in [6, 6.07) is 0.0177. The third-order valence-electron chi connectivity index (χ3n) is 2.39. The largest absolute Gasteiger partial charge is 0.324 e. The van der Waals surface area contributed by atoms with E-state index in [1.165, 1.54) is 10.5 Å². The predicted molar refractivity (Wildman–Crippen MR) is 72.4 cm³/mol. The molecule has 0 amide bonds. The number of aromatic nitrogens is 1. The van der Waals surface area contributed by atoms with Gasteiger partial charge in [0.25, 0.3) is 0 Å². The molecule has 16 heavy (non-hydrogen) atoms. The average Bonchev–Trinajstić information content (AvgIpc) is 2.64. The molecule has 0 unspecified atom stereocenters. The van der Waals surface area contributed by atoms with Crippen LogP contribution in [0.3, 0.4) is 0 Å². The van der Waals surface area contributed by atoms with Gasteiger partial charge in [0.15, 0.2) is 0 Å². The third kappa shape index (κ3) is 3.15. The van der Waals surface area contributed by atoms with Crippen molar-refractivity contribution in [1.82, 2.24) is 4.98 Å². The second-order valence-corrected chi connectivity index (χ2v) is 4.63. The molecule has 0 saturated carbocycles. The highest BCUT2D eigenvalue weighted by Gasteiger charge is 2.02. The summed E-state index contributed by atoms with van der Waals surface area (Å²) in [5, 5.41) is 0. The van der Waals surface area contributed by atoms with Crippen LogP contribution in [0.25, 0.3) is 5.57 Å². The van der Waals surface area contributed by atoms with Crippen molar-refractivity contribution < 1.29 is 0 Å². The van der Waals surface area contributed by atoms with Crippen LogP contribution >= 0.6 is 11.3 Å². The zero-order valence-electron chi connectivity index (χ0n) is 10.0. The lowest BCUT2D eigenvalue weighted by Gasteiger charge is -2.04. The standard InChI is InChI=1S/C13H18N2S/c1-5-12(10(3)14)7-6-9(2)13-11(4)15-8-16-13/h5-8,10H,1,14H2,2-4H3/b9-6+,12-7+/t10-/m0/s1. The highest BCUT2D eigenvalue weighted by Crippen LogP contribution is 2.22. The Kier molecular flexibility index (Phi) is 4.65. The molecule has 1 aromatic heterocycles. The van der Waals surface area contributed by atoms with Crippen LogP contribution in [0.1, 0.15) is 24.4 Å². The molecule has 1 aromatic rings. The van der Waals surface area contributed by atoms with Gasteiger partial charge >= 0.3 is 0 Å². The molecule has 0 aromatic carbocycles. The number of nitrogens with zero attached hydrogens (tertiary/aromatic N) is 1. The normalized spacial score (nSPS) is 15.0. The topological polar surface area (TPSA) is 38.9 Å². The maximum atomic E-state index is 5.80. The molecule has 0 radical (unpaired) electrons. The molecule has 86 valence electrons. The molecule has 1 atom stereocenters. The number of nitrogens with two attached hydrogens (primary N) is 1. The van der Waals surface area contributed by atoms with E-state index in [1.54, 1.807) is 17.4 Å². The van der Waals surface area contributed by atoms with Gasteiger partial charge in [0.1, 0.15) is 0 Å². The summed E-state index contributed by atoms with van der Waals surface area (Å²) in [5.41, 5.74) is 11.0. The van der Waals surface area contributed by atoms with Crippen LogP contribution in [0, 0.1) is 6.92 Å². The SMILES string of the molecule is C=C/C(=C\C=C(/C)c1scnc1C)[C@H](C)N. The van der Waals surface area contributed by atoms with Crippen molar-refractivity contribution in [3.05, 3.63) is 46.5 Å². The Morgan fingerprint density at radius 2 is 2.25 bits per heavy atom. The number of thiazole rings is 1. The second-order valence-electron chi connectivity index (χ2n) is 3.78. The zero-order chi connectivity index (χ0) is 12.1. The Bertz CT molecular complexity index is 425. The van der Waals surface area contributed by atoms with Gasteiger partial charge in [-0.1, -0.05) is 24.8 Å². The fourth-order valence-electron chi connectivity index (χ4n) is 1.38. The molecule has 0 bridgehead atoms. The van der Waals surface area contributed by atoms with E-state index in [-0.39, 0.29) is 6.04 Å². The molecule has 2 N–H and O–H groups in total. The maximum Gasteiger partial charge on any atom is 0.0801 e. The molecular formula is C13H18N2S. The Hall–Kier alpha value is -1.19. The quantitative estimate of drug-likeness (QED) is 0.812. The van der Waals surface area contributed by atoms with Crippen molar-refractivity contribution in [3.8, 4) is 0 Å². The van der Waals surface area contributed by atoms with Crippen LogP contribution in [-0.4, -0.2) is 11.0 Å². The van der Waals surface area contributed by atoms with E-state index < -0.39 is 0 Å². The number of hydrogen-bond donors (Lipinski definition) is 1.